The molecule has 0 nitrogen and oxygen atoms in total. The highest BCUT2D eigenvalue weighted by Gasteiger charge is 2.17. The maximum atomic E-state index is 2.26. The molecule has 0 unspecified atom stereocenters. The summed E-state index contributed by atoms with van der Waals surface area (Å²) in [4.78, 5) is 0. The van der Waals surface area contributed by atoms with Gasteiger partial charge in [0.15, 0.2) is 0 Å². The number of rotatable bonds is 1. The van der Waals surface area contributed by atoms with E-state index in [1.54, 1.807) is 11.3 Å². The van der Waals surface area contributed by atoms with Crippen LogP contribution < -0.4 is 0 Å². The Balaban J connectivity index is 2.58. The summed E-state index contributed by atoms with van der Waals surface area (Å²) in [7, 11) is 0. The summed E-state index contributed by atoms with van der Waals surface area (Å²) in [5, 5.41) is 4.35. The second-order valence-electron chi connectivity index (χ2n) is 4.81. The van der Waals surface area contributed by atoms with Crippen molar-refractivity contribution in [2.45, 2.75) is 26.2 Å². The molecule has 2 rings (SSSR count). The normalized spacial score (nSPS) is 11.7. The van der Waals surface area contributed by atoms with Crippen molar-refractivity contribution >= 4 is 11.3 Å². The minimum absolute atomic E-state index is 0.207. The van der Waals surface area contributed by atoms with Crippen molar-refractivity contribution < 1.29 is 0 Å². The lowest BCUT2D eigenvalue weighted by Crippen LogP contribution is -2.12. The molecule has 0 aliphatic carbocycles. The van der Waals surface area contributed by atoms with Crippen molar-refractivity contribution in [1.82, 2.24) is 0 Å². The molecule has 0 aliphatic rings. The van der Waals surface area contributed by atoms with Crippen LogP contribution in [-0.2, 0) is 5.41 Å². The van der Waals surface area contributed by atoms with Gasteiger partial charge in [0.25, 0.3) is 0 Å². The predicted octanol–water partition coefficient (Wildman–Crippen LogP) is 4.71. The molecule has 15 heavy (non-hydrogen) atoms. The molecule has 0 bridgehead atoms. The number of hydrogen-bond acceptors (Lipinski definition) is 1. The molecule has 0 saturated heterocycles. The third-order valence-corrected chi connectivity index (χ3v) is 3.25. The zero-order valence-corrected chi connectivity index (χ0v) is 10.3. The summed E-state index contributed by atoms with van der Waals surface area (Å²) in [6.45, 7) is 6.79. The fourth-order valence-electron chi connectivity index (χ4n) is 1.81. The van der Waals surface area contributed by atoms with Gasteiger partial charge in [-0.15, -0.1) is 0 Å². The van der Waals surface area contributed by atoms with Crippen LogP contribution in [0.3, 0.4) is 0 Å². The highest BCUT2D eigenvalue weighted by molar-refractivity contribution is 7.08. The van der Waals surface area contributed by atoms with Gasteiger partial charge in [-0.2, -0.15) is 11.3 Å². The highest BCUT2D eigenvalue weighted by Crippen LogP contribution is 2.33. The van der Waals surface area contributed by atoms with E-state index in [1.165, 1.54) is 16.7 Å². The molecule has 0 fully saturated rings. The zero-order valence-electron chi connectivity index (χ0n) is 9.45. The Bertz CT molecular complexity index is 433. The zero-order chi connectivity index (χ0) is 10.9. The third-order valence-electron chi connectivity index (χ3n) is 2.57. The van der Waals surface area contributed by atoms with Crippen LogP contribution in [-0.4, -0.2) is 0 Å². The molecule has 78 valence electrons. The van der Waals surface area contributed by atoms with Crippen LogP contribution in [0.25, 0.3) is 11.1 Å². The van der Waals surface area contributed by atoms with Crippen LogP contribution in [0.1, 0.15) is 26.3 Å². The first kappa shape index (κ1) is 10.4. The van der Waals surface area contributed by atoms with Gasteiger partial charge in [-0.25, -0.2) is 0 Å². The smallest absolute Gasteiger partial charge is 0.00146 e. The number of hydrogen-bond donors (Lipinski definition) is 0. The SMILES string of the molecule is CC(C)(C)c1ccccc1-c1ccsc1. The molecule has 0 aliphatic heterocycles. The lowest BCUT2D eigenvalue weighted by atomic mass is 9.82. The third kappa shape index (κ3) is 2.13. The molecule has 1 heteroatoms. The molecule has 1 aromatic carbocycles. The maximum Gasteiger partial charge on any atom is -0.00146 e. The Morgan fingerprint density at radius 1 is 1.00 bits per heavy atom. The summed E-state index contributed by atoms with van der Waals surface area (Å²) in [6.07, 6.45) is 0. The molecule has 1 aromatic heterocycles. The molecule has 2 aromatic rings. The van der Waals surface area contributed by atoms with E-state index in [0.29, 0.717) is 0 Å². The van der Waals surface area contributed by atoms with E-state index < -0.39 is 0 Å². The number of thiophene rings is 1. The molecular formula is C14H16S. The molecule has 0 spiro atoms. The molecule has 0 atom stereocenters. The van der Waals surface area contributed by atoms with Crippen LogP contribution in [0.2, 0.25) is 0 Å². The fraction of sp³-hybridized carbons (Fsp3) is 0.286. The van der Waals surface area contributed by atoms with E-state index in [1.807, 2.05) is 0 Å². The van der Waals surface area contributed by atoms with Crippen molar-refractivity contribution in [3.8, 4) is 11.1 Å². The van der Waals surface area contributed by atoms with Crippen molar-refractivity contribution in [1.29, 1.82) is 0 Å². The van der Waals surface area contributed by atoms with E-state index in [2.05, 4.69) is 61.9 Å². The molecule has 0 N–H and O–H groups in total. The van der Waals surface area contributed by atoms with Gasteiger partial charge >= 0.3 is 0 Å². The van der Waals surface area contributed by atoms with Gasteiger partial charge in [-0.05, 0) is 38.9 Å². The second kappa shape index (κ2) is 3.82. The Morgan fingerprint density at radius 2 is 1.73 bits per heavy atom. The lowest BCUT2D eigenvalue weighted by molar-refractivity contribution is 0.592. The predicted molar refractivity (Wildman–Crippen MR) is 68.5 cm³/mol. The van der Waals surface area contributed by atoms with Crippen molar-refractivity contribution in [3.05, 3.63) is 46.7 Å². The largest absolute Gasteiger partial charge is 0.152 e. The molecule has 0 radical (unpaired) electrons. The van der Waals surface area contributed by atoms with Crippen molar-refractivity contribution in [3.63, 3.8) is 0 Å². The van der Waals surface area contributed by atoms with Gasteiger partial charge in [0.2, 0.25) is 0 Å². The molecule has 0 amide bonds. The van der Waals surface area contributed by atoms with Gasteiger partial charge in [0.05, 0.1) is 0 Å². The van der Waals surface area contributed by atoms with Crippen LogP contribution in [0, 0.1) is 0 Å². The Labute approximate surface area is 95.6 Å². The summed E-state index contributed by atoms with van der Waals surface area (Å²) in [6, 6.07) is 10.9. The Hall–Kier alpha value is -1.08. The van der Waals surface area contributed by atoms with Gasteiger partial charge in [0.1, 0.15) is 0 Å². The van der Waals surface area contributed by atoms with Crippen molar-refractivity contribution in [2.24, 2.45) is 0 Å². The van der Waals surface area contributed by atoms with E-state index >= 15 is 0 Å². The van der Waals surface area contributed by atoms with Crippen LogP contribution in [0.15, 0.2) is 41.1 Å². The van der Waals surface area contributed by atoms with Crippen molar-refractivity contribution in [2.75, 3.05) is 0 Å². The summed E-state index contributed by atoms with van der Waals surface area (Å²) >= 11 is 1.75. The maximum absolute atomic E-state index is 2.26. The first-order valence-corrected chi connectivity index (χ1v) is 6.15. The second-order valence-corrected chi connectivity index (χ2v) is 5.59. The Kier molecular flexibility index (Phi) is 2.66. The van der Waals surface area contributed by atoms with Gasteiger partial charge in [-0.3, -0.25) is 0 Å². The average Bonchev–Trinajstić information content (AvgIpc) is 2.69. The summed E-state index contributed by atoms with van der Waals surface area (Å²) in [5.41, 5.74) is 4.33. The highest BCUT2D eigenvalue weighted by atomic mass is 32.1. The molecule has 0 saturated carbocycles. The fourth-order valence-corrected chi connectivity index (χ4v) is 2.46. The van der Waals surface area contributed by atoms with E-state index in [0.717, 1.165) is 0 Å². The van der Waals surface area contributed by atoms with Gasteiger partial charge in [0, 0.05) is 0 Å². The first-order chi connectivity index (χ1) is 7.09. The molecule has 1 heterocycles. The average molecular weight is 216 g/mol. The minimum Gasteiger partial charge on any atom is -0.152 e. The van der Waals surface area contributed by atoms with Gasteiger partial charge in [-0.1, -0.05) is 45.0 Å². The molecular weight excluding hydrogens is 200 g/mol. The Morgan fingerprint density at radius 3 is 2.33 bits per heavy atom. The van der Waals surface area contributed by atoms with E-state index in [4.69, 9.17) is 0 Å². The van der Waals surface area contributed by atoms with Crippen LogP contribution in [0.5, 0.6) is 0 Å². The van der Waals surface area contributed by atoms with E-state index in [9.17, 15) is 0 Å². The summed E-state index contributed by atoms with van der Waals surface area (Å²) < 4.78 is 0. The lowest BCUT2D eigenvalue weighted by Gasteiger charge is -2.22. The van der Waals surface area contributed by atoms with Gasteiger partial charge < -0.3 is 0 Å². The minimum atomic E-state index is 0.207. The quantitative estimate of drug-likeness (QED) is 0.647. The van der Waals surface area contributed by atoms with E-state index in [-0.39, 0.29) is 5.41 Å². The topological polar surface area (TPSA) is 0 Å². The first-order valence-electron chi connectivity index (χ1n) is 5.21. The monoisotopic (exact) mass is 216 g/mol. The standard InChI is InChI=1S/C14H16S/c1-14(2,3)13-7-5-4-6-12(13)11-8-9-15-10-11/h4-10H,1-3H3. The summed E-state index contributed by atoms with van der Waals surface area (Å²) in [5.74, 6) is 0. The van der Waals surface area contributed by atoms with Crippen LogP contribution >= 0.6 is 11.3 Å². The number of benzene rings is 1. The van der Waals surface area contributed by atoms with Crippen LogP contribution in [0.4, 0.5) is 0 Å².